The van der Waals surface area contributed by atoms with E-state index in [-0.39, 0.29) is 6.04 Å². The molecule has 106 valence electrons. The van der Waals surface area contributed by atoms with Crippen molar-refractivity contribution >= 4 is 0 Å². The molecule has 4 heteroatoms. The smallest absolute Gasteiger partial charge is 0.119 e. The Morgan fingerprint density at radius 1 is 1.47 bits per heavy atom. The van der Waals surface area contributed by atoms with Crippen molar-refractivity contribution in [2.45, 2.75) is 12.5 Å². The van der Waals surface area contributed by atoms with Crippen LogP contribution in [0.3, 0.4) is 0 Å². The van der Waals surface area contributed by atoms with Gasteiger partial charge in [-0.1, -0.05) is 12.1 Å². The van der Waals surface area contributed by atoms with Gasteiger partial charge >= 0.3 is 0 Å². The highest BCUT2D eigenvalue weighted by Crippen LogP contribution is 2.20. The molecular formula is C15H23NO3. The van der Waals surface area contributed by atoms with E-state index >= 15 is 0 Å². The van der Waals surface area contributed by atoms with E-state index in [1.54, 1.807) is 7.11 Å². The topological polar surface area (TPSA) is 39.7 Å². The lowest BCUT2D eigenvalue weighted by Gasteiger charge is -2.18. The van der Waals surface area contributed by atoms with Gasteiger partial charge in [-0.25, -0.2) is 0 Å². The molecule has 1 heterocycles. The van der Waals surface area contributed by atoms with Gasteiger partial charge in [0.25, 0.3) is 0 Å². The first-order valence-corrected chi connectivity index (χ1v) is 6.80. The zero-order valence-corrected chi connectivity index (χ0v) is 11.7. The Labute approximate surface area is 115 Å². The maximum absolute atomic E-state index is 5.82. The van der Waals surface area contributed by atoms with Gasteiger partial charge in [-0.2, -0.15) is 0 Å². The molecule has 1 N–H and O–H groups in total. The number of hydrogen-bond donors (Lipinski definition) is 1. The average Bonchev–Trinajstić information content (AvgIpc) is 2.97. The van der Waals surface area contributed by atoms with Crippen molar-refractivity contribution in [1.29, 1.82) is 0 Å². The second kappa shape index (κ2) is 7.48. The molecule has 0 bridgehead atoms. The van der Waals surface area contributed by atoms with E-state index in [9.17, 15) is 0 Å². The fourth-order valence-corrected chi connectivity index (χ4v) is 2.27. The Morgan fingerprint density at radius 2 is 2.37 bits per heavy atom. The van der Waals surface area contributed by atoms with Crippen LogP contribution in [0.25, 0.3) is 0 Å². The summed E-state index contributed by atoms with van der Waals surface area (Å²) in [7, 11) is 3.64. The van der Waals surface area contributed by atoms with Crippen LogP contribution in [0.15, 0.2) is 24.3 Å². The van der Waals surface area contributed by atoms with E-state index in [0.29, 0.717) is 12.5 Å². The van der Waals surface area contributed by atoms with Gasteiger partial charge in [-0.05, 0) is 31.2 Å². The highest BCUT2D eigenvalue weighted by atomic mass is 16.5. The number of ether oxygens (including phenoxy) is 3. The van der Waals surface area contributed by atoms with Crippen LogP contribution in [-0.4, -0.2) is 40.6 Å². The summed E-state index contributed by atoms with van der Waals surface area (Å²) in [4.78, 5) is 0. The molecule has 0 aromatic heterocycles. The Kier molecular flexibility index (Phi) is 5.63. The summed E-state index contributed by atoms with van der Waals surface area (Å²) in [5, 5.41) is 3.28. The predicted molar refractivity (Wildman–Crippen MR) is 74.5 cm³/mol. The molecule has 19 heavy (non-hydrogen) atoms. The van der Waals surface area contributed by atoms with Gasteiger partial charge in [0.15, 0.2) is 0 Å². The third-order valence-electron chi connectivity index (χ3n) is 3.51. The molecular weight excluding hydrogens is 242 g/mol. The van der Waals surface area contributed by atoms with E-state index in [0.717, 1.165) is 32.0 Å². The van der Waals surface area contributed by atoms with E-state index in [4.69, 9.17) is 14.2 Å². The molecule has 2 rings (SSSR count). The Morgan fingerprint density at radius 3 is 3.05 bits per heavy atom. The van der Waals surface area contributed by atoms with Crippen LogP contribution in [0.5, 0.6) is 5.75 Å². The van der Waals surface area contributed by atoms with E-state index in [1.165, 1.54) is 5.56 Å². The Bertz CT molecular complexity index is 377. The lowest BCUT2D eigenvalue weighted by atomic mass is 10.1. The normalized spacial score (nSPS) is 20.4. The second-order valence-electron chi connectivity index (χ2n) is 4.88. The largest absolute Gasteiger partial charge is 0.497 e. The predicted octanol–water partition coefficient (Wildman–Crippen LogP) is 2.01. The number of likely N-dealkylation sites (N-methyl/N-ethyl adjacent to an activating group) is 1. The molecule has 2 atom stereocenters. The molecule has 1 fully saturated rings. The van der Waals surface area contributed by atoms with Gasteiger partial charge in [-0.3, -0.25) is 0 Å². The lowest BCUT2D eigenvalue weighted by molar-refractivity contribution is 0.0757. The number of nitrogens with one attached hydrogen (secondary N) is 1. The molecule has 0 radical (unpaired) electrons. The zero-order chi connectivity index (χ0) is 13.5. The van der Waals surface area contributed by atoms with Crippen molar-refractivity contribution in [3.63, 3.8) is 0 Å². The van der Waals surface area contributed by atoms with Gasteiger partial charge in [0.1, 0.15) is 5.75 Å². The minimum atomic E-state index is 0.192. The van der Waals surface area contributed by atoms with Crippen molar-refractivity contribution in [2.75, 3.05) is 40.6 Å². The van der Waals surface area contributed by atoms with E-state index < -0.39 is 0 Å². The van der Waals surface area contributed by atoms with Crippen molar-refractivity contribution in [3.05, 3.63) is 29.8 Å². The Balaban J connectivity index is 1.84. The maximum atomic E-state index is 5.82. The summed E-state index contributed by atoms with van der Waals surface area (Å²) in [6, 6.07) is 8.28. The first-order chi connectivity index (χ1) is 9.33. The van der Waals surface area contributed by atoms with Crippen LogP contribution >= 0.6 is 0 Å². The van der Waals surface area contributed by atoms with Crippen LogP contribution in [0.1, 0.15) is 18.0 Å². The quantitative estimate of drug-likeness (QED) is 0.818. The molecule has 1 aromatic rings. The van der Waals surface area contributed by atoms with Crippen LogP contribution < -0.4 is 10.1 Å². The Hall–Kier alpha value is -1.10. The molecule has 0 amide bonds. The van der Waals surface area contributed by atoms with Gasteiger partial charge < -0.3 is 19.5 Å². The molecule has 1 aliphatic heterocycles. The highest BCUT2D eigenvalue weighted by molar-refractivity contribution is 5.30. The minimum absolute atomic E-state index is 0.192. The summed E-state index contributed by atoms with van der Waals surface area (Å²) in [5.74, 6) is 1.43. The standard InChI is InChI=1S/C15H23NO3/c1-16-15(11-19-10-12-6-7-18-9-12)13-4-3-5-14(8-13)17-2/h3-5,8,12,15-16H,6-7,9-11H2,1-2H3. The number of benzene rings is 1. The molecule has 2 unspecified atom stereocenters. The molecule has 1 aliphatic rings. The van der Waals surface area contributed by atoms with Crippen LogP contribution in [0, 0.1) is 5.92 Å². The van der Waals surface area contributed by atoms with Crippen molar-refractivity contribution in [2.24, 2.45) is 5.92 Å². The average molecular weight is 265 g/mol. The third-order valence-corrected chi connectivity index (χ3v) is 3.51. The fourth-order valence-electron chi connectivity index (χ4n) is 2.27. The summed E-state index contributed by atoms with van der Waals surface area (Å²) in [6.07, 6.45) is 1.11. The number of rotatable bonds is 7. The summed E-state index contributed by atoms with van der Waals surface area (Å²) in [6.45, 7) is 3.16. The maximum Gasteiger partial charge on any atom is 0.119 e. The molecule has 0 saturated carbocycles. The van der Waals surface area contributed by atoms with Crippen molar-refractivity contribution < 1.29 is 14.2 Å². The lowest BCUT2D eigenvalue weighted by Crippen LogP contribution is -2.23. The highest BCUT2D eigenvalue weighted by Gasteiger charge is 2.17. The number of hydrogen-bond acceptors (Lipinski definition) is 4. The van der Waals surface area contributed by atoms with Crippen molar-refractivity contribution in [1.82, 2.24) is 5.32 Å². The summed E-state index contributed by atoms with van der Waals surface area (Å²) < 4.78 is 16.4. The SMILES string of the molecule is CNC(COCC1CCOC1)c1cccc(OC)c1. The van der Waals surface area contributed by atoms with Gasteiger partial charge in [-0.15, -0.1) is 0 Å². The minimum Gasteiger partial charge on any atom is -0.497 e. The number of methoxy groups -OCH3 is 1. The van der Waals surface area contributed by atoms with Crippen LogP contribution in [0.2, 0.25) is 0 Å². The van der Waals surface area contributed by atoms with Gasteiger partial charge in [0, 0.05) is 12.5 Å². The monoisotopic (exact) mass is 265 g/mol. The second-order valence-corrected chi connectivity index (χ2v) is 4.88. The summed E-state index contributed by atoms with van der Waals surface area (Å²) >= 11 is 0. The molecule has 1 aromatic carbocycles. The zero-order valence-electron chi connectivity index (χ0n) is 11.7. The third kappa shape index (κ3) is 4.20. The van der Waals surface area contributed by atoms with Crippen LogP contribution in [0.4, 0.5) is 0 Å². The van der Waals surface area contributed by atoms with Crippen LogP contribution in [-0.2, 0) is 9.47 Å². The summed E-state index contributed by atoms with van der Waals surface area (Å²) in [5.41, 5.74) is 1.18. The van der Waals surface area contributed by atoms with E-state index in [2.05, 4.69) is 11.4 Å². The fraction of sp³-hybridized carbons (Fsp3) is 0.600. The van der Waals surface area contributed by atoms with Gasteiger partial charge in [0.05, 0.1) is 33.0 Å². The van der Waals surface area contributed by atoms with Crippen molar-refractivity contribution in [3.8, 4) is 5.75 Å². The first-order valence-electron chi connectivity index (χ1n) is 6.80. The molecule has 0 spiro atoms. The molecule has 0 aliphatic carbocycles. The molecule has 1 saturated heterocycles. The van der Waals surface area contributed by atoms with Gasteiger partial charge in [0.2, 0.25) is 0 Å². The molecule has 4 nitrogen and oxygen atoms in total. The van der Waals surface area contributed by atoms with E-state index in [1.807, 2.05) is 25.2 Å². The first kappa shape index (κ1) is 14.3.